The van der Waals surface area contributed by atoms with Crippen molar-refractivity contribution >= 4 is 60.6 Å². The molecule has 63 heavy (non-hydrogen) atoms. The fourth-order valence-electron chi connectivity index (χ4n) is 5.08. The number of nitrogens with zero attached hydrogens (tertiary/aromatic N) is 1. The molecular formula is C30H42F19NO8Si5. The van der Waals surface area contributed by atoms with E-state index in [4.69, 9.17) is 12.3 Å². The Hall–Kier alpha value is -1.84. The molecule has 2 unspecified atom stereocenters. The van der Waals surface area contributed by atoms with Crippen LogP contribution < -0.4 is 10.1 Å². The number of halogens is 19. The Kier molecular flexibility index (Phi) is 19.0. The molecule has 0 N–H and O–H groups in total. The van der Waals surface area contributed by atoms with Gasteiger partial charge in [0.25, 0.3) is 0 Å². The molecule has 2 atom stereocenters. The molecule has 0 saturated carbocycles. The first-order valence-electron chi connectivity index (χ1n) is 17.5. The smallest absolute Gasteiger partial charge is 0.417 e. The van der Waals surface area contributed by atoms with Crippen molar-refractivity contribution in [3.05, 3.63) is 24.3 Å². The van der Waals surface area contributed by atoms with Crippen molar-refractivity contribution in [1.82, 2.24) is 0 Å². The summed E-state index contributed by atoms with van der Waals surface area (Å²) in [5.41, 5.74) is 0.533. The van der Waals surface area contributed by atoms with Crippen molar-refractivity contribution in [2.75, 3.05) is 18.6 Å². The molecule has 2 radical (unpaired) electrons. The van der Waals surface area contributed by atoms with E-state index in [-0.39, 0.29) is 6.04 Å². The molecule has 0 saturated heterocycles. The van der Waals surface area contributed by atoms with Crippen LogP contribution in [0.4, 0.5) is 89.1 Å². The van der Waals surface area contributed by atoms with Gasteiger partial charge < -0.3 is 22.0 Å². The summed E-state index contributed by atoms with van der Waals surface area (Å²) < 4.78 is 291. The molecule has 0 aliphatic rings. The van der Waals surface area contributed by atoms with Crippen LogP contribution in [-0.4, -0.2) is 118 Å². The third-order valence-corrected chi connectivity index (χ3v) is 23.6. The molecule has 1 aromatic carbocycles. The van der Waals surface area contributed by atoms with Gasteiger partial charge in [0.1, 0.15) is 6.61 Å². The average molecular weight is 1050 g/mol. The van der Waals surface area contributed by atoms with Crippen molar-refractivity contribution in [2.45, 2.75) is 132 Å². The van der Waals surface area contributed by atoms with E-state index in [1.807, 2.05) is 22.6 Å². The van der Waals surface area contributed by atoms with Crippen LogP contribution in [0.2, 0.25) is 70.5 Å². The molecular weight excluding hydrogens is 1000 g/mol. The van der Waals surface area contributed by atoms with Crippen LogP contribution in [0.15, 0.2) is 24.3 Å². The summed E-state index contributed by atoms with van der Waals surface area (Å²) in [6.07, 6.45) is -52.1. The van der Waals surface area contributed by atoms with Gasteiger partial charge in [-0.3, -0.25) is 14.3 Å². The second kappa shape index (κ2) is 20.2. The van der Waals surface area contributed by atoms with Gasteiger partial charge in [0.2, 0.25) is 6.41 Å². The molecule has 0 spiro atoms. The van der Waals surface area contributed by atoms with Gasteiger partial charge in [0, 0.05) is 25.2 Å². The van der Waals surface area contributed by atoms with Crippen LogP contribution in [0.25, 0.3) is 0 Å². The topological polar surface area (TPSA) is 84.9 Å². The number of carbonyl (C=O) groups excluding carboxylic acids is 1. The standard InChI is InChI=1S/C30H42F19NO8Si5/c1-50(19-51)20-11-10-12-21(17-20)61(6,7)15-16-62(8,9)58-63(56-59(2)3,57-60(4)5)14-13-22(31,25(35,36)37)53-27(41,42)24(34,26(38,39)40)55-29(45,46)28(43,44)52-18-23(32,33)54-30(47,48)49/h10-12,17,19H,13-16,18H2,1-9H3. The highest BCUT2D eigenvalue weighted by atomic mass is 28.5. The Balaban J connectivity index is 3.68. The highest BCUT2D eigenvalue weighted by molar-refractivity contribution is 6.92. The number of carbonyl (C=O) groups is 1. The second-order valence-electron chi connectivity index (χ2n) is 15.3. The number of benzene rings is 1. The fraction of sp³-hybridized carbons (Fsp3) is 0.767. The number of ether oxygens (including phenoxy) is 4. The number of anilines is 1. The molecule has 9 nitrogen and oxygen atoms in total. The Morgan fingerprint density at radius 2 is 1.16 bits per heavy atom. The summed E-state index contributed by atoms with van der Waals surface area (Å²) in [5, 5.41) is 0.832. The minimum Gasteiger partial charge on any atom is -0.417 e. The Morgan fingerprint density at radius 3 is 1.59 bits per heavy atom. The minimum absolute atomic E-state index is 0.157. The van der Waals surface area contributed by atoms with Gasteiger partial charge in [-0.15, -0.1) is 13.2 Å². The van der Waals surface area contributed by atoms with Crippen molar-refractivity contribution in [3.63, 3.8) is 0 Å². The number of hydrogen-bond donors (Lipinski definition) is 0. The predicted octanol–water partition coefficient (Wildman–Crippen LogP) is 10.7. The van der Waals surface area contributed by atoms with Gasteiger partial charge in [-0.1, -0.05) is 36.5 Å². The Bertz CT molecular complexity index is 1650. The fourth-order valence-corrected chi connectivity index (χ4v) is 23.6. The van der Waals surface area contributed by atoms with E-state index in [2.05, 4.69) is 9.47 Å². The minimum atomic E-state index is -7.96. The molecule has 1 amide bonds. The zero-order valence-electron chi connectivity index (χ0n) is 34.3. The molecule has 0 bridgehead atoms. The molecule has 0 aliphatic carbocycles. The third kappa shape index (κ3) is 16.5. The largest absolute Gasteiger partial charge is 0.527 e. The summed E-state index contributed by atoms with van der Waals surface area (Å²) in [4.78, 5) is 12.6. The van der Waals surface area contributed by atoms with E-state index in [0.717, 1.165) is 5.19 Å². The maximum Gasteiger partial charge on any atom is 0.527 e. The molecule has 33 heteroatoms. The van der Waals surface area contributed by atoms with Crippen molar-refractivity contribution in [2.24, 2.45) is 0 Å². The lowest BCUT2D eigenvalue weighted by molar-refractivity contribution is -0.558. The highest BCUT2D eigenvalue weighted by Crippen LogP contribution is 2.55. The Morgan fingerprint density at radius 1 is 0.651 bits per heavy atom. The van der Waals surface area contributed by atoms with Crippen molar-refractivity contribution in [3.8, 4) is 0 Å². The monoisotopic (exact) mass is 1050 g/mol. The lowest BCUT2D eigenvalue weighted by Gasteiger charge is -2.42. The second-order valence-corrected chi connectivity index (χ2v) is 32.1. The predicted molar refractivity (Wildman–Crippen MR) is 193 cm³/mol. The van der Waals surface area contributed by atoms with E-state index < -0.39 is 117 Å². The third-order valence-electron chi connectivity index (χ3n) is 8.20. The molecule has 0 fully saturated rings. The average Bonchev–Trinajstić information content (AvgIpc) is 3.05. The SMILES string of the molecule is CN(C=O)c1cccc([Si](C)(C)CC[Si](C)(C)O[Si](CCC(F)(OC(F)(F)C(F)(OC(F)(F)C(F)(F)OCC(F)(F)OC(F)(F)F)C(F)(F)F)C(F)(F)F)(O[Si](C)C)O[Si](C)C)c1. The first-order chi connectivity index (χ1) is 27.7. The molecule has 0 heterocycles. The number of hydrogen-bond acceptors (Lipinski definition) is 8. The lowest BCUT2D eigenvalue weighted by atomic mass is 10.2. The first-order valence-corrected chi connectivity index (χ1v) is 30.6. The van der Waals surface area contributed by atoms with E-state index in [0.29, 0.717) is 18.1 Å². The van der Waals surface area contributed by atoms with Crippen LogP contribution in [0.1, 0.15) is 6.42 Å². The zero-order valence-corrected chi connectivity index (χ0v) is 39.3. The zero-order chi connectivity index (χ0) is 49.9. The van der Waals surface area contributed by atoms with Gasteiger partial charge in [-0.2, -0.15) is 65.9 Å². The van der Waals surface area contributed by atoms with Gasteiger partial charge in [0.15, 0.2) is 26.4 Å². The van der Waals surface area contributed by atoms with Gasteiger partial charge in [-0.05, 0) is 57.5 Å². The highest BCUT2D eigenvalue weighted by Gasteiger charge is 2.82. The summed E-state index contributed by atoms with van der Waals surface area (Å²) >= 11 is 0. The summed E-state index contributed by atoms with van der Waals surface area (Å²) in [6, 6.07) is 5.80. The van der Waals surface area contributed by atoms with E-state index in [1.54, 1.807) is 24.3 Å². The van der Waals surface area contributed by atoms with Crippen LogP contribution in [-0.2, 0) is 36.1 Å². The summed E-state index contributed by atoms with van der Waals surface area (Å²) in [5.74, 6) is -14.2. The van der Waals surface area contributed by atoms with Crippen LogP contribution >= 0.6 is 0 Å². The molecule has 368 valence electrons. The molecule has 0 aromatic heterocycles. The summed E-state index contributed by atoms with van der Waals surface area (Å²) in [6.45, 7) is 8.65. The first kappa shape index (κ1) is 59.2. The summed E-state index contributed by atoms with van der Waals surface area (Å²) in [7, 11) is -13.7. The van der Waals surface area contributed by atoms with E-state index in [9.17, 15) is 70.7 Å². The molecule has 1 aromatic rings. The van der Waals surface area contributed by atoms with Crippen LogP contribution in [0.5, 0.6) is 0 Å². The number of alkyl halides is 19. The van der Waals surface area contributed by atoms with Crippen LogP contribution in [0.3, 0.4) is 0 Å². The Labute approximate surface area is 354 Å². The molecule has 1 rings (SSSR count). The number of rotatable bonds is 25. The maximum atomic E-state index is 15.9. The van der Waals surface area contributed by atoms with Crippen molar-refractivity contribution in [1.29, 1.82) is 0 Å². The van der Waals surface area contributed by atoms with Crippen molar-refractivity contribution < 1.29 is 120 Å². The van der Waals surface area contributed by atoms with Gasteiger partial charge in [-0.25, -0.2) is 9.13 Å². The quantitative estimate of drug-likeness (QED) is 0.0544. The van der Waals surface area contributed by atoms with E-state index >= 15 is 17.6 Å². The van der Waals surface area contributed by atoms with Gasteiger partial charge >= 0.3 is 63.7 Å². The van der Waals surface area contributed by atoms with Gasteiger partial charge in [0.05, 0.1) is 8.07 Å². The van der Waals surface area contributed by atoms with E-state index in [1.165, 1.54) is 51.2 Å². The maximum absolute atomic E-state index is 15.9. The molecule has 0 aliphatic heterocycles. The lowest BCUT2D eigenvalue weighted by Crippen LogP contribution is -2.66. The number of amides is 1. The van der Waals surface area contributed by atoms with Crippen LogP contribution in [0, 0.1) is 0 Å². The normalized spacial score (nSPS) is 16.7.